The van der Waals surface area contributed by atoms with Gasteiger partial charge in [-0.05, 0) is 52.2 Å². The highest BCUT2D eigenvalue weighted by atomic mass is 16.6. The van der Waals surface area contributed by atoms with Crippen molar-refractivity contribution in [2.75, 3.05) is 13.2 Å². The summed E-state index contributed by atoms with van der Waals surface area (Å²) < 4.78 is 10.6. The molecule has 2 aromatic rings. The first-order valence-electron chi connectivity index (χ1n) is 11.1. The zero-order chi connectivity index (χ0) is 24.1. The molecule has 0 N–H and O–H groups in total. The number of aliphatic imine (C=N–C) groups is 1. The number of carbonyl (C=O) groups excluding carboxylic acids is 2. The van der Waals surface area contributed by atoms with Gasteiger partial charge < -0.3 is 9.47 Å². The molecule has 0 fully saturated rings. The van der Waals surface area contributed by atoms with Crippen LogP contribution in [0.25, 0.3) is 0 Å². The fraction of sp³-hybridized carbons (Fsp3) is 0.321. The second kappa shape index (κ2) is 13.0. The van der Waals surface area contributed by atoms with Gasteiger partial charge in [-0.2, -0.15) is 0 Å². The molecule has 0 aliphatic carbocycles. The van der Waals surface area contributed by atoms with E-state index in [0.29, 0.717) is 5.71 Å². The van der Waals surface area contributed by atoms with Gasteiger partial charge in [0.15, 0.2) is 5.41 Å². The van der Waals surface area contributed by atoms with Crippen LogP contribution in [0.2, 0.25) is 0 Å². The Hall–Kier alpha value is -3.65. The van der Waals surface area contributed by atoms with Crippen LogP contribution in [-0.4, -0.2) is 30.9 Å². The van der Waals surface area contributed by atoms with Crippen molar-refractivity contribution in [2.45, 2.75) is 40.5 Å². The second-order valence-corrected chi connectivity index (χ2v) is 7.65. The largest absolute Gasteiger partial charge is 0.465 e. The minimum Gasteiger partial charge on any atom is -0.465 e. The number of allylic oxidation sites excluding steroid dienone is 2. The third-order valence-corrected chi connectivity index (χ3v) is 4.83. The number of carbonyl (C=O) groups is 2. The van der Waals surface area contributed by atoms with E-state index in [4.69, 9.17) is 9.47 Å². The fourth-order valence-corrected chi connectivity index (χ4v) is 3.05. The van der Waals surface area contributed by atoms with E-state index in [1.54, 1.807) is 13.8 Å². The van der Waals surface area contributed by atoms with E-state index in [-0.39, 0.29) is 26.1 Å². The van der Waals surface area contributed by atoms with E-state index in [9.17, 15) is 9.59 Å². The van der Waals surface area contributed by atoms with Gasteiger partial charge in [-0.1, -0.05) is 66.1 Å². The molecule has 0 atom stereocenters. The molecule has 0 saturated heterocycles. The number of hydrogen-bond acceptors (Lipinski definition) is 5. The van der Waals surface area contributed by atoms with Crippen molar-refractivity contribution in [1.29, 1.82) is 0 Å². The molecule has 0 amide bonds. The van der Waals surface area contributed by atoms with E-state index >= 15 is 0 Å². The molecular weight excluding hydrogens is 414 g/mol. The van der Waals surface area contributed by atoms with E-state index in [2.05, 4.69) is 16.8 Å². The van der Waals surface area contributed by atoms with Crippen LogP contribution in [0.4, 0.5) is 5.69 Å². The Kier molecular flexibility index (Phi) is 10.1. The highest BCUT2D eigenvalue weighted by Crippen LogP contribution is 2.32. The maximum absolute atomic E-state index is 13.0. The number of benzene rings is 2. The third kappa shape index (κ3) is 7.47. The summed E-state index contributed by atoms with van der Waals surface area (Å²) in [4.78, 5) is 30.6. The molecule has 2 aromatic carbocycles. The summed E-state index contributed by atoms with van der Waals surface area (Å²) in [5, 5.41) is 0. The standard InChI is InChI=1S/C28H31NO4/c1-5-32-26(30)28(21-19-22(3)4,27(31)33-6-2)20-13-18-25(23-14-9-7-10-15-23)29-24-16-11-8-12-17-24/h7-12,14-17,19H,5-6,20-21H2,1-4H3. The molecule has 5 nitrogen and oxygen atoms in total. The maximum atomic E-state index is 13.0. The zero-order valence-electron chi connectivity index (χ0n) is 19.8. The Morgan fingerprint density at radius 3 is 1.97 bits per heavy atom. The molecule has 172 valence electrons. The van der Waals surface area contributed by atoms with E-state index in [0.717, 1.165) is 16.8 Å². The van der Waals surface area contributed by atoms with Crippen LogP contribution in [-0.2, 0) is 19.1 Å². The predicted molar refractivity (Wildman–Crippen MR) is 131 cm³/mol. The van der Waals surface area contributed by atoms with Crippen molar-refractivity contribution >= 4 is 23.3 Å². The summed E-state index contributed by atoms with van der Waals surface area (Å²) in [5.41, 5.74) is 1.60. The van der Waals surface area contributed by atoms with Crippen LogP contribution in [0, 0.1) is 17.3 Å². The molecule has 0 radical (unpaired) electrons. The summed E-state index contributed by atoms with van der Waals surface area (Å²) in [5.74, 6) is 4.86. The molecule has 0 saturated carbocycles. The maximum Gasteiger partial charge on any atom is 0.324 e. The van der Waals surface area contributed by atoms with Crippen LogP contribution in [0.3, 0.4) is 0 Å². The molecule has 0 aliphatic heterocycles. The van der Waals surface area contributed by atoms with E-state index < -0.39 is 17.4 Å². The lowest BCUT2D eigenvalue weighted by molar-refractivity contribution is -0.171. The lowest BCUT2D eigenvalue weighted by Gasteiger charge is -2.26. The molecule has 0 bridgehead atoms. The van der Waals surface area contributed by atoms with Crippen LogP contribution < -0.4 is 0 Å². The topological polar surface area (TPSA) is 65.0 Å². The average Bonchev–Trinajstić information content (AvgIpc) is 2.82. The quantitative estimate of drug-likeness (QED) is 0.164. The number of esters is 2. The average molecular weight is 446 g/mol. The Balaban J connectivity index is 2.51. The van der Waals surface area contributed by atoms with Gasteiger partial charge in [0.25, 0.3) is 0 Å². The van der Waals surface area contributed by atoms with Gasteiger partial charge in [0.05, 0.1) is 18.9 Å². The van der Waals surface area contributed by atoms with E-state index in [1.165, 1.54) is 0 Å². The minimum absolute atomic E-state index is 0.0465. The molecule has 0 unspecified atom stereocenters. The molecule has 0 heterocycles. The van der Waals surface area contributed by atoms with Crippen molar-refractivity contribution in [2.24, 2.45) is 10.4 Å². The first-order valence-corrected chi connectivity index (χ1v) is 11.1. The first-order chi connectivity index (χ1) is 15.9. The number of hydrogen-bond donors (Lipinski definition) is 0. The first kappa shape index (κ1) is 25.6. The van der Waals surface area contributed by atoms with E-state index in [1.807, 2.05) is 80.6 Å². The molecule has 2 rings (SSSR count). The Bertz CT molecular complexity index is 1020. The van der Waals surface area contributed by atoms with Gasteiger partial charge in [-0.25, -0.2) is 4.99 Å². The number of rotatable bonds is 9. The van der Waals surface area contributed by atoms with Gasteiger partial charge in [0.2, 0.25) is 0 Å². The summed E-state index contributed by atoms with van der Waals surface area (Å²) in [6, 6.07) is 19.1. The minimum atomic E-state index is -1.54. The number of para-hydroxylation sites is 1. The second-order valence-electron chi connectivity index (χ2n) is 7.65. The van der Waals surface area contributed by atoms with Crippen molar-refractivity contribution < 1.29 is 19.1 Å². The monoisotopic (exact) mass is 445 g/mol. The van der Waals surface area contributed by atoms with Crippen molar-refractivity contribution in [3.63, 3.8) is 0 Å². The molecule has 0 aliphatic rings. The van der Waals surface area contributed by atoms with Gasteiger partial charge >= 0.3 is 11.9 Å². The molecule has 33 heavy (non-hydrogen) atoms. The number of nitrogens with zero attached hydrogens (tertiary/aromatic N) is 1. The summed E-state index contributed by atoms with van der Waals surface area (Å²) in [6.45, 7) is 7.56. The Labute approximate surface area is 196 Å². The molecule has 0 aromatic heterocycles. The van der Waals surface area contributed by atoms with Crippen LogP contribution in [0.1, 0.15) is 46.1 Å². The predicted octanol–water partition coefficient (Wildman–Crippen LogP) is 5.67. The zero-order valence-corrected chi connectivity index (χ0v) is 19.8. The SMILES string of the molecule is CCOC(=O)C(CC#CC(=Nc1ccccc1)c1ccccc1)(CC=C(C)C)C(=O)OCC. The highest BCUT2D eigenvalue weighted by molar-refractivity contribution is 6.14. The summed E-state index contributed by atoms with van der Waals surface area (Å²) in [7, 11) is 0. The van der Waals surface area contributed by atoms with Gasteiger partial charge in [0, 0.05) is 12.0 Å². The Morgan fingerprint density at radius 1 is 0.909 bits per heavy atom. The van der Waals surface area contributed by atoms with Crippen molar-refractivity contribution in [3.05, 3.63) is 77.9 Å². The third-order valence-electron chi connectivity index (χ3n) is 4.83. The fourth-order valence-electron chi connectivity index (χ4n) is 3.05. The van der Waals surface area contributed by atoms with Crippen LogP contribution in [0.15, 0.2) is 77.3 Å². The van der Waals surface area contributed by atoms with Gasteiger partial charge in [-0.15, -0.1) is 0 Å². The highest BCUT2D eigenvalue weighted by Gasteiger charge is 2.47. The normalized spacial score (nSPS) is 11.1. The van der Waals surface area contributed by atoms with Crippen LogP contribution >= 0.6 is 0 Å². The number of ether oxygens (including phenoxy) is 2. The summed E-state index contributed by atoms with van der Waals surface area (Å²) in [6.07, 6.45) is 1.94. The molecule has 5 heteroatoms. The smallest absolute Gasteiger partial charge is 0.324 e. The van der Waals surface area contributed by atoms with Gasteiger partial charge in [0.1, 0.15) is 5.71 Å². The van der Waals surface area contributed by atoms with Crippen molar-refractivity contribution in [3.8, 4) is 11.8 Å². The van der Waals surface area contributed by atoms with Crippen molar-refractivity contribution in [1.82, 2.24) is 0 Å². The van der Waals surface area contributed by atoms with Gasteiger partial charge in [-0.3, -0.25) is 9.59 Å². The summed E-state index contributed by atoms with van der Waals surface area (Å²) >= 11 is 0. The Morgan fingerprint density at radius 2 is 1.45 bits per heavy atom. The van der Waals surface area contributed by atoms with Crippen LogP contribution in [0.5, 0.6) is 0 Å². The molecular formula is C28H31NO4. The molecule has 0 spiro atoms. The lowest BCUT2D eigenvalue weighted by Crippen LogP contribution is -2.41. The lowest BCUT2D eigenvalue weighted by atomic mass is 9.80.